The van der Waals surface area contributed by atoms with Gasteiger partial charge in [-0.05, 0) is 31.1 Å². The van der Waals surface area contributed by atoms with E-state index in [4.69, 9.17) is 9.47 Å². The molecule has 0 radical (unpaired) electrons. The highest BCUT2D eigenvalue weighted by Crippen LogP contribution is 2.45. The third-order valence-electron chi connectivity index (χ3n) is 7.06. The van der Waals surface area contributed by atoms with Crippen molar-refractivity contribution in [3.05, 3.63) is 11.5 Å². The fourth-order valence-electron chi connectivity index (χ4n) is 5.07. The molecule has 1 heterocycles. The summed E-state index contributed by atoms with van der Waals surface area (Å²) in [5.41, 5.74) is 0.186. The maximum Gasteiger partial charge on any atom is 0.378 e. The van der Waals surface area contributed by atoms with Crippen LogP contribution in [0.25, 0.3) is 0 Å². The lowest BCUT2D eigenvalue weighted by molar-refractivity contribution is -0.151. The van der Waals surface area contributed by atoms with Crippen molar-refractivity contribution in [2.45, 2.75) is 136 Å². The van der Waals surface area contributed by atoms with Crippen molar-refractivity contribution in [1.82, 2.24) is 0 Å². The SMILES string of the molecule is CCCCCCCCCCCCCCCC(=O)OC1=C(O)C(C2CCC(C)(C)C2)OC1=O. The van der Waals surface area contributed by atoms with E-state index in [9.17, 15) is 14.7 Å². The van der Waals surface area contributed by atoms with Crippen molar-refractivity contribution in [2.75, 3.05) is 0 Å². The summed E-state index contributed by atoms with van der Waals surface area (Å²) in [6.45, 7) is 6.62. The van der Waals surface area contributed by atoms with Crippen LogP contribution >= 0.6 is 0 Å². The summed E-state index contributed by atoms with van der Waals surface area (Å²) in [5.74, 6) is -1.57. The quantitative estimate of drug-likeness (QED) is 0.194. The summed E-state index contributed by atoms with van der Waals surface area (Å²) >= 11 is 0. The molecule has 1 saturated carbocycles. The molecule has 32 heavy (non-hydrogen) atoms. The highest BCUT2D eigenvalue weighted by Gasteiger charge is 2.45. The number of aliphatic hydroxyl groups excluding tert-OH is 1. The fourth-order valence-corrected chi connectivity index (χ4v) is 5.07. The highest BCUT2D eigenvalue weighted by atomic mass is 16.6. The van der Waals surface area contributed by atoms with Crippen LogP contribution in [0.15, 0.2) is 11.5 Å². The second-order valence-electron chi connectivity index (χ2n) is 10.7. The van der Waals surface area contributed by atoms with E-state index in [-0.39, 0.29) is 29.3 Å². The molecule has 0 spiro atoms. The molecule has 2 rings (SSSR count). The van der Waals surface area contributed by atoms with Gasteiger partial charge in [-0.25, -0.2) is 4.79 Å². The number of rotatable bonds is 16. The zero-order valence-corrected chi connectivity index (χ0v) is 20.8. The number of carbonyl (C=O) groups excluding carboxylic acids is 2. The fraction of sp³-hybridized carbons (Fsp3) is 0.852. The average molecular weight is 451 g/mol. The first-order valence-corrected chi connectivity index (χ1v) is 13.2. The predicted molar refractivity (Wildman–Crippen MR) is 127 cm³/mol. The Morgan fingerprint density at radius 1 is 0.969 bits per heavy atom. The van der Waals surface area contributed by atoms with Crippen molar-refractivity contribution in [3.63, 3.8) is 0 Å². The molecule has 5 nitrogen and oxygen atoms in total. The van der Waals surface area contributed by atoms with Gasteiger partial charge < -0.3 is 14.6 Å². The Kier molecular flexibility index (Phi) is 11.6. The minimum atomic E-state index is -0.712. The second kappa shape index (κ2) is 13.9. The van der Waals surface area contributed by atoms with Gasteiger partial charge in [0.25, 0.3) is 5.76 Å². The lowest BCUT2D eigenvalue weighted by atomic mass is 9.89. The number of ether oxygens (including phenoxy) is 2. The molecule has 1 aliphatic carbocycles. The largest absolute Gasteiger partial charge is 0.505 e. The minimum absolute atomic E-state index is 0.0891. The van der Waals surface area contributed by atoms with E-state index in [1.54, 1.807) is 0 Å². The van der Waals surface area contributed by atoms with E-state index < -0.39 is 18.0 Å². The molecule has 1 N–H and O–H groups in total. The van der Waals surface area contributed by atoms with Crippen LogP contribution in [-0.4, -0.2) is 23.1 Å². The number of hydrogen-bond donors (Lipinski definition) is 1. The first kappa shape index (κ1) is 26.7. The molecule has 0 aromatic rings. The normalized spacial score (nSPS) is 22.4. The van der Waals surface area contributed by atoms with E-state index in [1.807, 2.05) is 0 Å². The molecule has 0 amide bonds. The van der Waals surface area contributed by atoms with Gasteiger partial charge in [-0.1, -0.05) is 97.8 Å². The van der Waals surface area contributed by atoms with Gasteiger partial charge in [0.05, 0.1) is 0 Å². The Balaban J connectivity index is 1.53. The van der Waals surface area contributed by atoms with Crippen LogP contribution in [-0.2, 0) is 19.1 Å². The van der Waals surface area contributed by atoms with Crippen LogP contribution < -0.4 is 0 Å². The number of unbranched alkanes of at least 4 members (excludes halogenated alkanes) is 12. The molecule has 0 saturated heterocycles. The summed E-state index contributed by atoms with van der Waals surface area (Å²) in [5, 5.41) is 10.4. The van der Waals surface area contributed by atoms with Crippen molar-refractivity contribution in [1.29, 1.82) is 0 Å². The summed E-state index contributed by atoms with van der Waals surface area (Å²) in [4.78, 5) is 24.3. The molecule has 184 valence electrons. The van der Waals surface area contributed by atoms with Crippen LogP contribution in [0, 0.1) is 11.3 Å². The third kappa shape index (κ3) is 9.15. The number of esters is 2. The van der Waals surface area contributed by atoms with Gasteiger partial charge in [0.2, 0.25) is 0 Å². The van der Waals surface area contributed by atoms with Crippen LogP contribution in [0.5, 0.6) is 0 Å². The summed E-state index contributed by atoms with van der Waals surface area (Å²) < 4.78 is 10.5. The zero-order chi connectivity index (χ0) is 23.4. The first-order valence-electron chi connectivity index (χ1n) is 13.2. The van der Waals surface area contributed by atoms with Gasteiger partial charge in [-0.2, -0.15) is 0 Å². The van der Waals surface area contributed by atoms with Crippen LogP contribution in [0.4, 0.5) is 0 Å². The Labute approximate surface area is 195 Å². The van der Waals surface area contributed by atoms with E-state index in [0.717, 1.165) is 38.5 Å². The molecule has 1 fully saturated rings. The number of aliphatic hydroxyl groups is 1. The lowest BCUT2D eigenvalue weighted by Gasteiger charge is -2.20. The smallest absolute Gasteiger partial charge is 0.378 e. The zero-order valence-electron chi connectivity index (χ0n) is 20.8. The van der Waals surface area contributed by atoms with Crippen molar-refractivity contribution in [2.24, 2.45) is 11.3 Å². The van der Waals surface area contributed by atoms with Crippen molar-refractivity contribution < 1.29 is 24.2 Å². The van der Waals surface area contributed by atoms with Crippen LogP contribution in [0.2, 0.25) is 0 Å². The van der Waals surface area contributed by atoms with E-state index in [2.05, 4.69) is 20.8 Å². The van der Waals surface area contributed by atoms with Gasteiger partial charge in [-0.3, -0.25) is 4.79 Å². The average Bonchev–Trinajstić information content (AvgIpc) is 3.24. The summed E-state index contributed by atoms with van der Waals surface area (Å²) in [7, 11) is 0. The number of hydrogen-bond acceptors (Lipinski definition) is 5. The molecule has 0 bridgehead atoms. The molecule has 2 aliphatic rings. The van der Waals surface area contributed by atoms with Crippen molar-refractivity contribution in [3.8, 4) is 0 Å². The molecule has 1 aliphatic heterocycles. The van der Waals surface area contributed by atoms with Gasteiger partial charge in [0.15, 0.2) is 11.9 Å². The molecule has 2 atom stereocenters. The Hall–Kier alpha value is -1.52. The topological polar surface area (TPSA) is 72.8 Å². The molecule has 2 unspecified atom stereocenters. The number of carbonyl (C=O) groups is 2. The predicted octanol–water partition coefficient (Wildman–Crippen LogP) is 7.53. The molecule has 0 aromatic heterocycles. The Morgan fingerprint density at radius 3 is 2.00 bits per heavy atom. The molecule has 0 aromatic carbocycles. The Bertz CT molecular complexity index is 622. The maximum atomic E-state index is 12.1. The Morgan fingerprint density at radius 2 is 1.50 bits per heavy atom. The van der Waals surface area contributed by atoms with E-state index >= 15 is 0 Å². The van der Waals surface area contributed by atoms with Gasteiger partial charge in [0, 0.05) is 12.3 Å². The summed E-state index contributed by atoms with van der Waals surface area (Å²) in [6, 6.07) is 0. The lowest BCUT2D eigenvalue weighted by Crippen LogP contribution is -2.22. The van der Waals surface area contributed by atoms with E-state index in [1.165, 1.54) is 64.2 Å². The number of cyclic esters (lactones) is 1. The van der Waals surface area contributed by atoms with Gasteiger partial charge in [-0.15, -0.1) is 0 Å². The van der Waals surface area contributed by atoms with Crippen LogP contribution in [0.1, 0.15) is 130 Å². The standard InChI is InChI=1S/C27H46O5/c1-4-5-6-7-8-9-10-11-12-13-14-15-16-17-22(28)31-25-23(29)24(32-26(25)30)21-18-19-27(2,3)20-21/h21,24,29H,4-20H2,1-3H3. The second-order valence-corrected chi connectivity index (χ2v) is 10.7. The maximum absolute atomic E-state index is 12.1. The van der Waals surface area contributed by atoms with Crippen molar-refractivity contribution >= 4 is 11.9 Å². The monoisotopic (exact) mass is 450 g/mol. The summed E-state index contributed by atoms with van der Waals surface area (Å²) in [6.07, 6.45) is 18.6. The third-order valence-corrected chi connectivity index (χ3v) is 7.06. The first-order chi connectivity index (χ1) is 15.3. The highest BCUT2D eigenvalue weighted by molar-refractivity contribution is 5.92. The van der Waals surface area contributed by atoms with Gasteiger partial charge >= 0.3 is 11.9 Å². The molecular weight excluding hydrogens is 404 g/mol. The van der Waals surface area contributed by atoms with Gasteiger partial charge in [0.1, 0.15) is 0 Å². The molecular formula is C27H46O5. The minimum Gasteiger partial charge on any atom is -0.505 e. The van der Waals surface area contributed by atoms with Crippen LogP contribution in [0.3, 0.4) is 0 Å². The van der Waals surface area contributed by atoms with E-state index in [0.29, 0.717) is 0 Å². The molecule has 5 heteroatoms.